The molecule has 0 amide bonds. The summed E-state index contributed by atoms with van der Waals surface area (Å²) in [6.07, 6.45) is 1.30. The normalized spacial score (nSPS) is 10.2. The molecule has 0 unspecified atom stereocenters. The lowest BCUT2D eigenvalue weighted by molar-refractivity contribution is -0.143. The third-order valence-corrected chi connectivity index (χ3v) is 3.31. The van der Waals surface area contributed by atoms with Crippen LogP contribution in [0.5, 0.6) is 0 Å². The van der Waals surface area contributed by atoms with Crippen LogP contribution in [-0.4, -0.2) is 12.6 Å². The molecule has 3 heteroatoms. The minimum atomic E-state index is -0.101. The van der Waals surface area contributed by atoms with Crippen LogP contribution in [0.2, 0.25) is 0 Å². The molecule has 0 saturated carbocycles. The molecule has 0 N–H and O–H groups in total. The van der Waals surface area contributed by atoms with E-state index in [1.807, 2.05) is 6.92 Å². The maximum Gasteiger partial charge on any atom is 0.306 e. The van der Waals surface area contributed by atoms with Gasteiger partial charge in [0.15, 0.2) is 0 Å². The number of hydrogen-bond acceptors (Lipinski definition) is 3. The highest BCUT2D eigenvalue weighted by molar-refractivity contribution is 7.12. The summed E-state index contributed by atoms with van der Waals surface area (Å²) >= 11 is 1.77. The average molecular weight is 212 g/mol. The number of rotatable bonds is 4. The molecule has 0 spiro atoms. The second kappa shape index (κ2) is 5.15. The van der Waals surface area contributed by atoms with Crippen molar-refractivity contribution in [1.82, 2.24) is 0 Å². The largest absolute Gasteiger partial charge is 0.466 e. The quantitative estimate of drug-likeness (QED) is 0.717. The van der Waals surface area contributed by atoms with Crippen molar-refractivity contribution >= 4 is 17.3 Å². The van der Waals surface area contributed by atoms with E-state index in [4.69, 9.17) is 4.74 Å². The Hall–Kier alpha value is -0.830. The number of thiophene rings is 1. The van der Waals surface area contributed by atoms with Crippen LogP contribution in [0.15, 0.2) is 6.07 Å². The highest BCUT2D eigenvalue weighted by atomic mass is 32.1. The van der Waals surface area contributed by atoms with Crippen LogP contribution in [-0.2, 0) is 16.0 Å². The average Bonchev–Trinajstić information content (AvgIpc) is 2.44. The molecule has 0 fully saturated rings. The Labute approximate surface area is 88.9 Å². The van der Waals surface area contributed by atoms with Crippen molar-refractivity contribution in [3.05, 3.63) is 21.4 Å². The van der Waals surface area contributed by atoms with Crippen molar-refractivity contribution in [3.8, 4) is 0 Å². The first-order chi connectivity index (χ1) is 6.63. The molecule has 1 rings (SSSR count). The van der Waals surface area contributed by atoms with E-state index in [0.717, 1.165) is 6.42 Å². The van der Waals surface area contributed by atoms with Gasteiger partial charge in [-0.05, 0) is 38.8 Å². The zero-order valence-electron chi connectivity index (χ0n) is 8.92. The SMILES string of the molecule is CCOC(=O)CCc1cc(C)c(C)s1. The molecule has 1 aromatic rings. The molecule has 14 heavy (non-hydrogen) atoms. The van der Waals surface area contributed by atoms with Gasteiger partial charge in [0.1, 0.15) is 0 Å². The Kier molecular flexibility index (Phi) is 4.14. The fourth-order valence-electron chi connectivity index (χ4n) is 1.23. The molecule has 0 radical (unpaired) electrons. The fourth-order valence-corrected chi connectivity index (χ4v) is 2.28. The van der Waals surface area contributed by atoms with Gasteiger partial charge >= 0.3 is 5.97 Å². The minimum Gasteiger partial charge on any atom is -0.466 e. The van der Waals surface area contributed by atoms with Crippen molar-refractivity contribution in [2.75, 3.05) is 6.61 Å². The number of aryl methyl sites for hydroxylation is 3. The smallest absolute Gasteiger partial charge is 0.306 e. The lowest BCUT2D eigenvalue weighted by Gasteiger charge is -1.99. The van der Waals surface area contributed by atoms with Gasteiger partial charge in [0.05, 0.1) is 13.0 Å². The molecule has 0 aliphatic heterocycles. The Balaban J connectivity index is 2.42. The fraction of sp³-hybridized carbons (Fsp3) is 0.545. The molecular formula is C11H16O2S. The van der Waals surface area contributed by atoms with E-state index < -0.39 is 0 Å². The maximum atomic E-state index is 11.1. The summed E-state index contributed by atoms with van der Waals surface area (Å²) < 4.78 is 4.87. The molecule has 0 aromatic carbocycles. The van der Waals surface area contributed by atoms with Crippen molar-refractivity contribution in [2.24, 2.45) is 0 Å². The summed E-state index contributed by atoms with van der Waals surface area (Å²) in [5.41, 5.74) is 1.31. The van der Waals surface area contributed by atoms with Gasteiger partial charge in [0.2, 0.25) is 0 Å². The third kappa shape index (κ3) is 3.14. The molecule has 0 atom stereocenters. The van der Waals surface area contributed by atoms with E-state index in [-0.39, 0.29) is 5.97 Å². The van der Waals surface area contributed by atoms with Crippen LogP contribution in [0.25, 0.3) is 0 Å². The Bertz CT molecular complexity index is 296. The second-order valence-electron chi connectivity index (χ2n) is 3.26. The standard InChI is InChI=1S/C11H16O2S/c1-4-13-11(12)6-5-10-7-8(2)9(3)14-10/h7H,4-6H2,1-3H3. The number of ether oxygens (including phenoxy) is 1. The third-order valence-electron chi connectivity index (χ3n) is 2.10. The molecule has 0 saturated heterocycles. The Morgan fingerprint density at radius 1 is 1.50 bits per heavy atom. The first-order valence-corrected chi connectivity index (χ1v) is 5.66. The van der Waals surface area contributed by atoms with Gasteiger partial charge < -0.3 is 4.74 Å². The van der Waals surface area contributed by atoms with E-state index in [1.54, 1.807) is 11.3 Å². The topological polar surface area (TPSA) is 26.3 Å². The highest BCUT2D eigenvalue weighted by Gasteiger charge is 2.05. The molecule has 2 nitrogen and oxygen atoms in total. The highest BCUT2D eigenvalue weighted by Crippen LogP contribution is 2.21. The van der Waals surface area contributed by atoms with Gasteiger partial charge in [-0.3, -0.25) is 4.79 Å². The van der Waals surface area contributed by atoms with Gasteiger partial charge in [-0.2, -0.15) is 0 Å². The van der Waals surface area contributed by atoms with Gasteiger partial charge in [-0.15, -0.1) is 11.3 Å². The van der Waals surface area contributed by atoms with Crippen LogP contribution in [0.4, 0.5) is 0 Å². The first kappa shape index (κ1) is 11.2. The lowest BCUT2D eigenvalue weighted by atomic mass is 10.2. The van der Waals surface area contributed by atoms with Crippen LogP contribution >= 0.6 is 11.3 Å². The number of carbonyl (C=O) groups excluding carboxylic acids is 1. The van der Waals surface area contributed by atoms with Gasteiger partial charge in [0.25, 0.3) is 0 Å². The first-order valence-electron chi connectivity index (χ1n) is 4.85. The second-order valence-corrected chi connectivity index (χ2v) is 4.60. The van der Waals surface area contributed by atoms with Gasteiger partial charge in [0, 0.05) is 9.75 Å². The zero-order valence-corrected chi connectivity index (χ0v) is 9.74. The van der Waals surface area contributed by atoms with Crippen molar-refractivity contribution in [1.29, 1.82) is 0 Å². The predicted octanol–water partition coefficient (Wildman–Crippen LogP) is 2.86. The van der Waals surface area contributed by atoms with Crippen molar-refractivity contribution in [3.63, 3.8) is 0 Å². The maximum absolute atomic E-state index is 11.1. The molecule has 1 aromatic heterocycles. The summed E-state index contributed by atoms with van der Waals surface area (Å²) in [6.45, 7) is 6.51. The predicted molar refractivity (Wildman–Crippen MR) is 58.7 cm³/mol. The van der Waals surface area contributed by atoms with Crippen molar-refractivity contribution in [2.45, 2.75) is 33.6 Å². The van der Waals surface area contributed by atoms with Crippen LogP contribution < -0.4 is 0 Å². The van der Waals surface area contributed by atoms with E-state index >= 15 is 0 Å². The summed E-state index contributed by atoms with van der Waals surface area (Å²) in [5.74, 6) is -0.101. The van der Waals surface area contributed by atoms with E-state index in [0.29, 0.717) is 13.0 Å². The van der Waals surface area contributed by atoms with Gasteiger partial charge in [-0.1, -0.05) is 0 Å². The van der Waals surface area contributed by atoms with Crippen LogP contribution in [0.3, 0.4) is 0 Å². The van der Waals surface area contributed by atoms with Crippen LogP contribution in [0.1, 0.15) is 28.7 Å². The summed E-state index contributed by atoms with van der Waals surface area (Å²) in [5, 5.41) is 0. The van der Waals surface area contributed by atoms with Crippen LogP contribution in [0, 0.1) is 13.8 Å². The summed E-state index contributed by atoms with van der Waals surface area (Å²) in [7, 11) is 0. The number of hydrogen-bond donors (Lipinski definition) is 0. The molecule has 1 heterocycles. The van der Waals surface area contributed by atoms with E-state index in [2.05, 4.69) is 19.9 Å². The molecule has 0 aliphatic rings. The summed E-state index contributed by atoms with van der Waals surface area (Å²) in [6, 6.07) is 2.15. The Morgan fingerprint density at radius 3 is 2.71 bits per heavy atom. The van der Waals surface area contributed by atoms with Gasteiger partial charge in [-0.25, -0.2) is 0 Å². The lowest BCUT2D eigenvalue weighted by Crippen LogP contribution is -2.04. The Morgan fingerprint density at radius 2 is 2.21 bits per heavy atom. The molecule has 0 bridgehead atoms. The molecule has 0 aliphatic carbocycles. The monoisotopic (exact) mass is 212 g/mol. The summed E-state index contributed by atoms with van der Waals surface area (Å²) in [4.78, 5) is 13.7. The van der Waals surface area contributed by atoms with Crippen molar-refractivity contribution < 1.29 is 9.53 Å². The molecule has 78 valence electrons. The van der Waals surface area contributed by atoms with E-state index in [9.17, 15) is 4.79 Å². The minimum absolute atomic E-state index is 0.101. The van der Waals surface area contributed by atoms with E-state index in [1.165, 1.54) is 15.3 Å². The molecular weight excluding hydrogens is 196 g/mol. The number of esters is 1. The zero-order chi connectivity index (χ0) is 10.6. The number of carbonyl (C=O) groups is 1.